The van der Waals surface area contributed by atoms with Gasteiger partial charge < -0.3 is 5.32 Å². The van der Waals surface area contributed by atoms with Crippen LogP contribution in [0.2, 0.25) is 0 Å². The van der Waals surface area contributed by atoms with Crippen LogP contribution in [0.15, 0.2) is 42.7 Å². The van der Waals surface area contributed by atoms with E-state index in [2.05, 4.69) is 68.1 Å². The molecule has 27 heavy (non-hydrogen) atoms. The van der Waals surface area contributed by atoms with Crippen molar-refractivity contribution in [2.75, 3.05) is 6.54 Å². The Bertz CT molecular complexity index is 1150. The quantitative estimate of drug-likeness (QED) is 0.508. The van der Waals surface area contributed by atoms with Crippen molar-refractivity contribution in [1.29, 1.82) is 0 Å². The van der Waals surface area contributed by atoms with E-state index in [1.54, 1.807) is 0 Å². The van der Waals surface area contributed by atoms with Crippen LogP contribution in [-0.4, -0.2) is 31.5 Å². The van der Waals surface area contributed by atoms with Crippen molar-refractivity contribution in [2.24, 2.45) is 7.05 Å². The van der Waals surface area contributed by atoms with Crippen LogP contribution >= 0.6 is 0 Å². The topological polar surface area (TPSA) is 71.4 Å². The maximum atomic E-state index is 4.63. The molecule has 4 aromatic rings. The lowest BCUT2D eigenvalue weighted by Crippen LogP contribution is -2.18. The van der Waals surface area contributed by atoms with Crippen molar-refractivity contribution in [2.45, 2.75) is 13.0 Å². The number of pyridine rings is 1. The lowest BCUT2D eigenvalue weighted by Gasteiger charge is -2.08. The van der Waals surface area contributed by atoms with Crippen molar-refractivity contribution in [3.8, 4) is 11.3 Å². The lowest BCUT2D eigenvalue weighted by atomic mass is 10.0. The zero-order valence-corrected chi connectivity index (χ0v) is 15.1. The fourth-order valence-electron chi connectivity index (χ4n) is 3.61. The Morgan fingerprint density at radius 2 is 2.07 bits per heavy atom. The predicted octanol–water partition coefficient (Wildman–Crippen LogP) is 3.17. The number of rotatable bonds is 0. The first-order valence-corrected chi connectivity index (χ1v) is 9.11. The van der Waals surface area contributed by atoms with Crippen LogP contribution in [-0.2, 0) is 20.0 Å². The summed E-state index contributed by atoms with van der Waals surface area (Å²) in [6, 6.07) is 10.6. The zero-order chi connectivity index (χ0) is 18.2. The molecule has 0 atom stereocenters. The zero-order valence-electron chi connectivity index (χ0n) is 15.1. The van der Waals surface area contributed by atoms with Gasteiger partial charge in [0.1, 0.15) is 0 Å². The molecule has 0 fully saturated rings. The van der Waals surface area contributed by atoms with Gasteiger partial charge in [-0.2, -0.15) is 10.2 Å². The van der Waals surface area contributed by atoms with Gasteiger partial charge in [0.2, 0.25) is 0 Å². The van der Waals surface area contributed by atoms with Crippen molar-refractivity contribution in [1.82, 2.24) is 30.3 Å². The summed E-state index contributed by atoms with van der Waals surface area (Å²) in [6.45, 7) is 1.60. The highest BCUT2D eigenvalue weighted by molar-refractivity contribution is 5.91. The maximum Gasteiger partial charge on any atom is 0.0928 e. The molecule has 6 heteroatoms. The average molecular weight is 356 g/mol. The van der Waals surface area contributed by atoms with E-state index in [1.807, 2.05) is 24.1 Å². The van der Waals surface area contributed by atoms with Crippen molar-refractivity contribution in [3.63, 3.8) is 0 Å². The minimum absolute atomic E-state index is 0.714. The molecule has 5 rings (SSSR count). The van der Waals surface area contributed by atoms with E-state index in [1.165, 1.54) is 11.1 Å². The van der Waals surface area contributed by atoms with Gasteiger partial charge in [-0.25, -0.2) is 0 Å². The second kappa shape index (κ2) is 6.48. The molecule has 6 nitrogen and oxygen atoms in total. The normalized spacial score (nSPS) is 15.3. The van der Waals surface area contributed by atoms with Crippen molar-refractivity contribution < 1.29 is 0 Å². The number of aryl methyl sites for hydroxylation is 1. The lowest BCUT2D eigenvalue weighted by molar-refractivity contribution is 0.654. The summed E-state index contributed by atoms with van der Waals surface area (Å²) in [5.41, 5.74) is 7.38. The van der Waals surface area contributed by atoms with E-state index in [4.69, 9.17) is 0 Å². The highest BCUT2D eigenvalue weighted by Gasteiger charge is 2.14. The minimum atomic E-state index is 0.714. The molecule has 134 valence electrons. The van der Waals surface area contributed by atoms with Gasteiger partial charge in [-0.15, -0.1) is 0 Å². The van der Waals surface area contributed by atoms with Gasteiger partial charge in [-0.3, -0.25) is 14.8 Å². The first-order valence-electron chi connectivity index (χ1n) is 9.11. The summed E-state index contributed by atoms with van der Waals surface area (Å²) in [4.78, 5) is 4.63. The third-order valence-corrected chi connectivity index (χ3v) is 5.00. The standard InChI is InChI=1S/C21H20N6/c1-27-13-17-19-10-16-18(24-25-20(16)12-23-19)7-6-14-4-2-3-5-15(14)8-9-22-11-21(17)26-27/h2-7,10,12-13,22H,8-9,11H2,1H3,(H,24,25)/b7-6+. The number of H-pyrrole nitrogens is 1. The van der Waals surface area contributed by atoms with Gasteiger partial charge in [0.25, 0.3) is 0 Å². The summed E-state index contributed by atoms with van der Waals surface area (Å²) < 4.78 is 1.85. The molecule has 0 amide bonds. The Hall–Kier alpha value is -3.25. The molecule has 1 aliphatic rings. The van der Waals surface area contributed by atoms with E-state index >= 15 is 0 Å². The summed E-state index contributed by atoms with van der Waals surface area (Å²) >= 11 is 0. The Balaban J connectivity index is 1.69. The molecule has 1 aromatic carbocycles. The number of benzene rings is 1. The summed E-state index contributed by atoms with van der Waals surface area (Å²) in [6.07, 6.45) is 9.06. The third kappa shape index (κ3) is 2.94. The number of hydrogen-bond donors (Lipinski definition) is 2. The van der Waals surface area contributed by atoms with E-state index in [0.717, 1.165) is 46.5 Å². The van der Waals surface area contributed by atoms with E-state index in [0.29, 0.717) is 6.54 Å². The summed E-state index contributed by atoms with van der Waals surface area (Å²) in [7, 11) is 1.95. The van der Waals surface area contributed by atoms with E-state index in [9.17, 15) is 0 Å². The van der Waals surface area contributed by atoms with Gasteiger partial charge in [0.15, 0.2) is 0 Å². The Morgan fingerprint density at radius 1 is 1.15 bits per heavy atom. The number of aromatic amines is 1. The first kappa shape index (κ1) is 16.0. The molecule has 2 bridgehead atoms. The Labute approximate surface area is 156 Å². The number of hydrogen-bond acceptors (Lipinski definition) is 4. The van der Waals surface area contributed by atoms with Crippen LogP contribution in [0, 0.1) is 0 Å². The highest BCUT2D eigenvalue weighted by Crippen LogP contribution is 2.26. The monoisotopic (exact) mass is 356 g/mol. The van der Waals surface area contributed by atoms with Gasteiger partial charge in [0, 0.05) is 30.7 Å². The second-order valence-corrected chi connectivity index (χ2v) is 6.85. The molecular formula is C21H20N6. The molecule has 1 aliphatic heterocycles. The number of nitrogens with one attached hydrogen (secondary N) is 2. The fourth-order valence-corrected chi connectivity index (χ4v) is 3.61. The van der Waals surface area contributed by atoms with Crippen LogP contribution in [0.3, 0.4) is 0 Å². The fraction of sp³-hybridized carbons (Fsp3) is 0.190. The molecule has 3 aromatic heterocycles. The second-order valence-electron chi connectivity index (χ2n) is 6.85. The van der Waals surface area contributed by atoms with Crippen LogP contribution in [0.1, 0.15) is 22.5 Å². The van der Waals surface area contributed by atoms with Gasteiger partial charge >= 0.3 is 0 Å². The molecule has 0 unspecified atom stereocenters. The number of nitrogens with zero attached hydrogens (tertiary/aromatic N) is 4. The van der Waals surface area contributed by atoms with Crippen molar-refractivity contribution in [3.05, 3.63) is 65.2 Å². The van der Waals surface area contributed by atoms with E-state index in [-0.39, 0.29) is 0 Å². The average Bonchev–Trinajstić information content (AvgIpc) is 3.26. The minimum Gasteiger partial charge on any atom is -0.311 e. The molecule has 2 N–H and O–H groups in total. The summed E-state index contributed by atoms with van der Waals surface area (Å²) in [5.74, 6) is 0. The van der Waals surface area contributed by atoms with Gasteiger partial charge in [-0.1, -0.05) is 30.3 Å². The largest absolute Gasteiger partial charge is 0.311 e. The molecule has 4 heterocycles. The predicted molar refractivity (Wildman–Crippen MR) is 107 cm³/mol. The van der Waals surface area contributed by atoms with Gasteiger partial charge in [-0.05, 0) is 36.2 Å². The number of aromatic nitrogens is 5. The molecular weight excluding hydrogens is 336 g/mol. The molecule has 0 spiro atoms. The highest BCUT2D eigenvalue weighted by atomic mass is 15.3. The first-order chi connectivity index (χ1) is 13.3. The van der Waals surface area contributed by atoms with Gasteiger partial charge in [0.05, 0.1) is 28.8 Å². The van der Waals surface area contributed by atoms with Crippen LogP contribution in [0.4, 0.5) is 0 Å². The van der Waals surface area contributed by atoms with Crippen LogP contribution in [0.25, 0.3) is 34.3 Å². The SMILES string of the molecule is Cn1cc2c(n1)CNCCc1ccccc1/C=C/c1n[nH]c3cnc-2cc13. The molecule has 0 aliphatic carbocycles. The van der Waals surface area contributed by atoms with Crippen LogP contribution in [0.5, 0.6) is 0 Å². The van der Waals surface area contributed by atoms with Crippen LogP contribution < -0.4 is 5.32 Å². The smallest absolute Gasteiger partial charge is 0.0928 e. The third-order valence-electron chi connectivity index (χ3n) is 5.00. The number of fused-ring (bicyclic) bond motifs is 4. The summed E-state index contributed by atoms with van der Waals surface area (Å²) in [5, 5.41) is 16.8. The van der Waals surface area contributed by atoms with Crippen molar-refractivity contribution >= 4 is 23.1 Å². The molecule has 0 radical (unpaired) electrons. The molecule has 0 saturated carbocycles. The van der Waals surface area contributed by atoms with E-state index < -0.39 is 0 Å². The maximum absolute atomic E-state index is 4.63. The Kier molecular flexibility index (Phi) is 3.83. The Morgan fingerprint density at radius 3 is 3.04 bits per heavy atom. The molecule has 0 saturated heterocycles.